The van der Waals surface area contributed by atoms with Crippen molar-refractivity contribution >= 4 is 32.5 Å². The highest BCUT2D eigenvalue weighted by Crippen LogP contribution is 2.30. The van der Waals surface area contributed by atoms with E-state index in [4.69, 9.17) is 8.92 Å². The van der Waals surface area contributed by atoms with Crippen LogP contribution in [0.5, 0.6) is 11.5 Å². The third-order valence-corrected chi connectivity index (χ3v) is 4.29. The zero-order valence-electron chi connectivity index (χ0n) is 12.8. The molecule has 1 heterocycles. The van der Waals surface area contributed by atoms with Crippen LogP contribution in [-0.2, 0) is 21.6 Å². The Bertz CT molecular complexity index is 1000. The minimum Gasteiger partial charge on any atom is -0.494 e. The summed E-state index contributed by atoms with van der Waals surface area (Å²) in [5.74, 6) is 0.494. The molecule has 0 fully saturated rings. The molecular weight excluding hydrogens is 320 g/mol. The quantitative estimate of drug-likeness (QED) is 0.531. The molecule has 0 saturated carbocycles. The Balaban J connectivity index is 2.32. The predicted molar refractivity (Wildman–Crippen MR) is 83.5 cm³/mol. The van der Waals surface area contributed by atoms with Gasteiger partial charge in [0, 0.05) is 12.1 Å². The van der Waals surface area contributed by atoms with Crippen LogP contribution >= 0.6 is 0 Å². The van der Waals surface area contributed by atoms with Crippen LogP contribution in [0, 0.1) is 0 Å². The summed E-state index contributed by atoms with van der Waals surface area (Å²) in [4.78, 5) is 4.58. The summed E-state index contributed by atoms with van der Waals surface area (Å²) in [5.41, 5.74) is 2.98. The van der Waals surface area contributed by atoms with Crippen molar-refractivity contribution < 1.29 is 26.1 Å². The fourth-order valence-corrected chi connectivity index (χ4v) is 2.78. The second-order valence-corrected chi connectivity index (χ2v) is 6.13. The molecule has 0 aliphatic heterocycles. The third-order valence-electron chi connectivity index (χ3n) is 3.49. The minimum absolute atomic E-state index is 0.0869. The van der Waals surface area contributed by atoms with Gasteiger partial charge in [-0.15, -0.1) is 0 Å². The number of rotatable bonds is 4. The number of hydrogen-bond acceptors (Lipinski definition) is 6. The molecular formula is C15H15N2O5S+. The third kappa shape index (κ3) is 2.78. The van der Waals surface area contributed by atoms with Gasteiger partial charge in [0.25, 0.3) is 0 Å². The largest absolute Gasteiger partial charge is 0.494 e. The van der Waals surface area contributed by atoms with Crippen LogP contribution in [0.3, 0.4) is 0 Å². The standard InChI is InChI=1S/C15H15N2O5S/c1-17-12-7-5-4-6-11(12)16-15-13(17)8-10(9-14(15)20-2)22-23(18,19)21-3/h4-9H,1-3H3/q+1. The molecule has 0 aliphatic rings. The van der Waals surface area contributed by atoms with E-state index in [2.05, 4.69) is 9.17 Å². The molecule has 0 spiro atoms. The lowest BCUT2D eigenvalue weighted by Gasteiger charge is -2.09. The molecule has 0 amide bonds. The van der Waals surface area contributed by atoms with Gasteiger partial charge in [-0.2, -0.15) is 13.0 Å². The van der Waals surface area contributed by atoms with Crippen LogP contribution in [0.25, 0.3) is 22.1 Å². The smallest absolute Gasteiger partial charge is 0.448 e. The Kier molecular flexibility index (Phi) is 3.78. The highest BCUT2D eigenvalue weighted by Gasteiger charge is 2.20. The SMILES string of the molecule is COc1cc(OS(=O)(=O)OC)cc2c1nc1ccccc1[n+]2C. The number of hydrogen-bond donors (Lipinski definition) is 0. The minimum atomic E-state index is -4.11. The summed E-state index contributed by atoms with van der Waals surface area (Å²) in [7, 11) is 0.272. The number of fused-ring (bicyclic) bond motifs is 2. The maximum Gasteiger partial charge on any atom is 0.448 e. The van der Waals surface area contributed by atoms with Gasteiger partial charge in [0.2, 0.25) is 11.0 Å². The molecule has 0 atom stereocenters. The molecule has 0 saturated heterocycles. The Morgan fingerprint density at radius 1 is 1.09 bits per heavy atom. The van der Waals surface area contributed by atoms with Gasteiger partial charge >= 0.3 is 10.4 Å². The van der Waals surface area contributed by atoms with Gasteiger partial charge in [0.05, 0.1) is 20.3 Å². The van der Waals surface area contributed by atoms with Crippen molar-refractivity contribution in [2.75, 3.05) is 14.2 Å². The molecule has 0 unspecified atom stereocenters. The summed E-state index contributed by atoms with van der Waals surface area (Å²) >= 11 is 0. The van der Waals surface area contributed by atoms with Crippen LogP contribution in [0.1, 0.15) is 0 Å². The number of methoxy groups -OCH3 is 1. The lowest BCUT2D eigenvalue weighted by Crippen LogP contribution is -2.30. The maximum absolute atomic E-state index is 11.5. The molecule has 1 aromatic heterocycles. The average molecular weight is 335 g/mol. The predicted octanol–water partition coefficient (Wildman–Crippen LogP) is 1.49. The summed E-state index contributed by atoms with van der Waals surface area (Å²) < 4.78 is 39.4. The number of nitrogens with zero attached hydrogens (tertiary/aromatic N) is 2. The van der Waals surface area contributed by atoms with E-state index >= 15 is 0 Å². The highest BCUT2D eigenvalue weighted by molar-refractivity contribution is 7.82. The first kappa shape index (κ1) is 15.4. The van der Waals surface area contributed by atoms with E-state index in [1.807, 2.05) is 35.9 Å². The molecule has 0 bridgehead atoms. The van der Waals surface area contributed by atoms with Gasteiger partial charge in [0.15, 0.2) is 17.0 Å². The number of aryl methyl sites for hydroxylation is 1. The number of ether oxygens (including phenoxy) is 1. The van der Waals surface area contributed by atoms with E-state index in [-0.39, 0.29) is 5.75 Å². The van der Waals surface area contributed by atoms with E-state index in [1.165, 1.54) is 13.2 Å². The highest BCUT2D eigenvalue weighted by atomic mass is 32.3. The zero-order chi connectivity index (χ0) is 16.6. The van der Waals surface area contributed by atoms with Crippen LogP contribution in [-0.4, -0.2) is 27.6 Å². The van der Waals surface area contributed by atoms with Gasteiger partial charge in [-0.1, -0.05) is 12.1 Å². The summed E-state index contributed by atoms with van der Waals surface area (Å²) in [6, 6.07) is 10.7. The normalized spacial score (nSPS) is 11.8. The van der Waals surface area contributed by atoms with Crippen molar-refractivity contribution in [3.63, 3.8) is 0 Å². The molecule has 0 aliphatic carbocycles. The Labute approximate surface area is 133 Å². The number of para-hydroxylation sites is 2. The van der Waals surface area contributed by atoms with Crippen molar-refractivity contribution in [3.8, 4) is 11.5 Å². The summed E-state index contributed by atoms with van der Waals surface area (Å²) in [6.45, 7) is 0. The van der Waals surface area contributed by atoms with E-state index in [0.29, 0.717) is 16.8 Å². The second kappa shape index (κ2) is 5.64. The van der Waals surface area contributed by atoms with Gasteiger partial charge < -0.3 is 8.92 Å². The van der Waals surface area contributed by atoms with Crippen LogP contribution in [0.2, 0.25) is 0 Å². The molecule has 120 valence electrons. The topological polar surface area (TPSA) is 78.6 Å². The maximum atomic E-state index is 11.5. The van der Waals surface area contributed by atoms with Crippen molar-refractivity contribution in [1.29, 1.82) is 0 Å². The lowest BCUT2D eigenvalue weighted by molar-refractivity contribution is -0.618. The van der Waals surface area contributed by atoms with Gasteiger partial charge in [-0.25, -0.2) is 9.17 Å². The first-order chi connectivity index (χ1) is 10.9. The number of aromatic nitrogens is 2. The molecule has 0 N–H and O–H groups in total. The van der Waals surface area contributed by atoms with Crippen LogP contribution in [0.15, 0.2) is 36.4 Å². The van der Waals surface area contributed by atoms with Crippen molar-refractivity contribution in [3.05, 3.63) is 36.4 Å². The van der Waals surface area contributed by atoms with Crippen LogP contribution in [0.4, 0.5) is 0 Å². The first-order valence-electron chi connectivity index (χ1n) is 6.72. The molecule has 3 rings (SSSR count). The Morgan fingerprint density at radius 3 is 2.52 bits per heavy atom. The van der Waals surface area contributed by atoms with Crippen molar-refractivity contribution in [2.24, 2.45) is 7.05 Å². The molecule has 0 radical (unpaired) electrons. The van der Waals surface area contributed by atoms with E-state index < -0.39 is 10.4 Å². The summed E-state index contributed by atoms with van der Waals surface area (Å²) in [5, 5.41) is 0. The molecule has 2 aromatic carbocycles. The molecule has 3 aromatic rings. The Hall–Kier alpha value is -2.45. The van der Waals surface area contributed by atoms with Gasteiger partial charge in [0.1, 0.15) is 12.6 Å². The first-order valence-corrected chi connectivity index (χ1v) is 8.05. The second-order valence-electron chi connectivity index (χ2n) is 4.81. The van der Waals surface area contributed by atoms with Crippen molar-refractivity contribution in [2.45, 2.75) is 0 Å². The Morgan fingerprint density at radius 2 is 1.83 bits per heavy atom. The fourth-order valence-electron chi connectivity index (χ4n) is 2.38. The molecule has 8 heteroatoms. The monoisotopic (exact) mass is 335 g/mol. The molecule has 7 nitrogen and oxygen atoms in total. The van der Waals surface area contributed by atoms with E-state index in [9.17, 15) is 8.42 Å². The molecule has 23 heavy (non-hydrogen) atoms. The average Bonchev–Trinajstić information content (AvgIpc) is 2.55. The lowest BCUT2D eigenvalue weighted by atomic mass is 10.2. The van der Waals surface area contributed by atoms with E-state index in [0.717, 1.165) is 18.1 Å². The fraction of sp³-hybridized carbons (Fsp3) is 0.200. The zero-order valence-corrected chi connectivity index (χ0v) is 13.6. The van der Waals surface area contributed by atoms with Crippen molar-refractivity contribution in [1.82, 2.24) is 4.98 Å². The van der Waals surface area contributed by atoms with Crippen LogP contribution < -0.4 is 13.5 Å². The van der Waals surface area contributed by atoms with E-state index in [1.54, 1.807) is 6.07 Å². The van der Waals surface area contributed by atoms with Gasteiger partial charge in [-0.05, 0) is 6.07 Å². The van der Waals surface area contributed by atoms with Gasteiger partial charge in [-0.3, -0.25) is 0 Å². The number of benzene rings is 2. The summed E-state index contributed by atoms with van der Waals surface area (Å²) in [6.07, 6.45) is 0.